The van der Waals surface area contributed by atoms with Gasteiger partial charge in [0.25, 0.3) is 12.1 Å². The number of hydrogen-bond donors (Lipinski definition) is 0. The van der Waals surface area contributed by atoms with E-state index in [0.717, 1.165) is 0 Å². The molecule has 0 heterocycles. The minimum atomic E-state index is -4.89. The topological polar surface area (TPSA) is 26.3 Å². The van der Waals surface area contributed by atoms with Crippen LogP contribution in [-0.2, 0) is 9.53 Å². The molecule has 0 spiro atoms. The number of hydrogen-bond acceptors (Lipinski definition) is 2. The summed E-state index contributed by atoms with van der Waals surface area (Å²) in [6.07, 6.45) is -8.21. The number of carbonyl (C=O) groups is 1. The lowest BCUT2D eigenvalue weighted by atomic mass is 10.4. The largest absolute Gasteiger partial charge is 0.450 e. The van der Waals surface area contributed by atoms with Gasteiger partial charge in [-0.3, -0.25) is 4.79 Å². The van der Waals surface area contributed by atoms with E-state index in [0.29, 0.717) is 0 Å². The SMILES string of the molecule is C=C(F)OC(C=O)C(F)(F)F. The van der Waals surface area contributed by atoms with Gasteiger partial charge in [-0.25, -0.2) is 0 Å². The van der Waals surface area contributed by atoms with Crippen LogP contribution >= 0.6 is 0 Å². The number of carbonyl (C=O) groups excluding carboxylic acids is 1. The molecule has 0 rings (SSSR count). The van der Waals surface area contributed by atoms with Crippen LogP contribution in [0, 0.1) is 0 Å². The molecule has 0 saturated heterocycles. The third kappa shape index (κ3) is 3.59. The maximum Gasteiger partial charge on any atom is 0.432 e. The summed E-state index contributed by atoms with van der Waals surface area (Å²) in [6.45, 7) is 2.41. The lowest BCUT2D eigenvalue weighted by Gasteiger charge is -2.13. The van der Waals surface area contributed by atoms with E-state index in [1.165, 1.54) is 0 Å². The predicted molar refractivity (Wildman–Crippen MR) is 27.2 cm³/mol. The average Bonchev–Trinajstić information content (AvgIpc) is 1.79. The van der Waals surface area contributed by atoms with E-state index in [4.69, 9.17) is 0 Å². The van der Waals surface area contributed by atoms with E-state index in [9.17, 15) is 22.4 Å². The van der Waals surface area contributed by atoms with Crippen molar-refractivity contribution in [3.8, 4) is 0 Å². The summed E-state index contributed by atoms with van der Waals surface area (Å²) in [5.74, 6) is 0. The van der Waals surface area contributed by atoms with Gasteiger partial charge in [0.15, 0.2) is 6.29 Å². The molecule has 0 bridgehead atoms. The highest BCUT2D eigenvalue weighted by atomic mass is 19.4. The van der Waals surface area contributed by atoms with Gasteiger partial charge in [-0.2, -0.15) is 17.6 Å². The van der Waals surface area contributed by atoms with Crippen molar-refractivity contribution in [3.05, 3.63) is 12.6 Å². The fourth-order valence-corrected chi connectivity index (χ4v) is 0.310. The van der Waals surface area contributed by atoms with E-state index < -0.39 is 24.6 Å². The normalized spacial score (nSPS) is 13.8. The van der Waals surface area contributed by atoms with E-state index in [-0.39, 0.29) is 0 Å². The van der Waals surface area contributed by atoms with Gasteiger partial charge in [0, 0.05) is 0 Å². The van der Waals surface area contributed by atoms with Crippen LogP contribution < -0.4 is 0 Å². The molecule has 0 aromatic rings. The van der Waals surface area contributed by atoms with Crippen LogP contribution in [0.15, 0.2) is 12.6 Å². The minimum absolute atomic E-state index is 0.551. The molecule has 64 valence electrons. The fourth-order valence-electron chi connectivity index (χ4n) is 0.310. The van der Waals surface area contributed by atoms with Gasteiger partial charge in [-0.05, 0) is 6.58 Å². The van der Waals surface area contributed by atoms with Gasteiger partial charge >= 0.3 is 6.18 Å². The standard InChI is InChI=1S/C5H4F4O2/c1-3(6)11-4(2-10)5(7,8)9/h2,4H,1H2. The summed E-state index contributed by atoms with van der Waals surface area (Å²) < 4.78 is 49.6. The Balaban J connectivity index is 4.18. The van der Waals surface area contributed by atoms with Crippen molar-refractivity contribution in [1.29, 1.82) is 0 Å². The van der Waals surface area contributed by atoms with Crippen molar-refractivity contribution >= 4 is 6.29 Å². The predicted octanol–water partition coefficient (Wildman–Crippen LogP) is 1.57. The summed E-state index contributed by atoms with van der Waals surface area (Å²) in [6, 6.07) is -1.64. The first-order valence-electron chi connectivity index (χ1n) is 2.41. The summed E-state index contributed by atoms with van der Waals surface area (Å²) in [5.41, 5.74) is 0. The molecule has 0 fully saturated rings. The van der Waals surface area contributed by atoms with Crippen LogP contribution in [0.25, 0.3) is 0 Å². The lowest BCUT2D eigenvalue weighted by molar-refractivity contribution is -0.206. The van der Waals surface area contributed by atoms with Gasteiger partial charge in [0.1, 0.15) is 0 Å². The molecule has 0 aliphatic heterocycles. The zero-order valence-electron chi connectivity index (χ0n) is 5.19. The molecule has 0 amide bonds. The highest BCUT2D eigenvalue weighted by Gasteiger charge is 2.42. The summed E-state index contributed by atoms with van der Waals surface area (Å²) >= 11 is 0. The molecule has 0 aliphatic carbocycles. The van der Waals surface area contributed by atoms with E-state index in [2.05, 4.69) is 11.3 Å². The molecular formula is C5H4F4O2. The molecule has 11 heavy (non-hydrogen) atoms. The van der Waals surface area contributed by atoms with Crippen molar-refractivity contribution in [3.63, 3.8) is 0 Å². The zero-order valence-corrected chi connectivity index (χ0v) is 5.19. The highest BCUT2D eigenvalue weighted by Crippen LogP contribution is 2.22. The Morgan fingerprint density at radius 2 is 2.00 bits per heavy atom. The van der Waals surface area contributed by atoms with Crippen LogP contribution in [0.2, 0.25) is 0 Å². The smallest absolute Gasteiger partial charge is 0.432 e. The molecule has 0 aromatic heterocycles. The molecule has 0 N–H and O–H groups in total. The van der Waals surface area contributed by atoms with Crippen molar-refractivity contribution in [2.24, 2.45) is 0 Å². The first-order chi connectivity index (χ1) is 4.88. The molecule has 6 heteroatoms. The second-order valence-electron chi connectivity index (χ2n) is 1.57. The van der Waals surface area contributed by atoms with Crippen LogP contribution in [0.1, 0.15) is 0 Å². The summed E-state index contributed by atoms with van der Waals surface area (Å²) in [5, 5.41) is 0. The Morgan fingerprint density at radius 3 is 2.09 bits per heavy atom. The van der Waals surface area contributed by atoms with Gasteiger partial charge in [0.2, 0.25) is 0 Å². The Hall–Kier alpha value is -1.07. The third-order valence-corrected chi connectivity index (χ3v) is 0.701. The van der Waals surface area contributed by atoms with Gasteiger partial charge in [-0.1, -0.05) is 0 Å². The van der Waals surface area contributed by atoms with Crippen molar-refractivity contribution in [1.82, 2.24) is 0 Å². The minimum Gasteiger partial charge on any atom is -0.450 e. The van der Waals surface area contributed by atoms with E-state index in [1.54, 1.807) is 0 Å². The third-order valence-electron chi connectivity index (χ3n) is 0.701. The van der Waals surface area contributed by atoms with Crippen LogP contribution in [0.3, 0.4) is 0 Å². The van der Waals surface area contributed by atoms with Crippen LogP contribution in [-0.4, -0.2) is 18.6 Å². The second kappa shape index (κ2) is 3.36. The summed E-state index contributed by atoms with van der Waals surface area (Å²) in [4.78, 5) is 9.63. The monoisotopic (exact) mass is 172 g/mol. The lowest BCUT2D eigenvalue weighted by Crippen LogP contribution is -2.32. The molecular weight excluding hydrogens is 168 g/mol. The number of rotatable bonds is 3. The molecule has 1 atom stereocenters. The average molecular weight is 172 g/mol. The van der Waals surface area contributed by atoms with Crippen molar-refractivity contribution in [2.45, 2.75) is 12.3 Å². The highest BCUT2D eigenvalue weighted by molar-refractivity contribution is 5.57. The van der Waals surface area contributed by atoms with Gasteiger partial charge < -0.3 is 4.74 Å². The molecule has 0 saturated carbocycles. The number of halogens is 4. The van der Waals surface area contributed by atoms with E-state index >= 15 is 0 Å². The fraction of sp³-hybridized carbons (Fsp3) is 0.400. The first-order valence-corrected chi connectivity index (χ1v) is 2.41. The van der Waals surface area contributed by atoms with Crippen molar-refractivity contribution in [2.75, 3.05) is 0 Å². The Bertz CT molecular complexity index is 162. The van der Waals surface area contributed by atoms with Crippen molar-refractivity contribution < 1.29 is 27.1 Å². The quantitative estimate of drug-likeness (QED) is 0.367. The molecule has 0 aliphatic rings. The maximum atomic E-state index is 11.6. The molecule has 0 radical (unpaired) electrons. The Morgan fingerprint density at radius 1 is 1.55 bits per heavy atom. The Kier molecular flexibility index (Phi) is 3.03. The van der Waals surface area contributed by atoms with Crippen LogP contribution in [0.4, 0.5) is 17.6 Å². The zero-order chi connectivity index (χ0) is 9.07. The van der Waals surface area contributed by atoms with Crippen LogP contribution in [0.5, 0.6) is 0 Å². The molecule has 1 unspecified atom stereocenters. The number of aldehydes is 1. The van der Waals surface area contributed by atoms with E-state index in [1.807, 2.05) is 0 Å². The number of alkyl halides is 3. The molecule has 0 aromatic carbocycles. The Labute approximate surface area is 59.4 Å². The summed E-state index contributed by atoms with van der Waals surface area (Å²) in [7, 11) is 0. The first kappa shape index (κ1) is 9.93. The number of ether oxygens (including phenoxy) is 1. The molecule has 2 nitrogen and oxygen atoms in total. The second-order valence-corrected chi connectivity index (χ2v) is 1.57. The van der Waals surface area contributed by atoms with Gasteiger partial charge in [-0.15, -0.1) is 0 Å². The maximum absolute atomic E-state index is 11.6. The van der Waals surface area contributed by atoms with Gasteiger partial charge in [0.05, 0.1) is 0 Å².